The average molecular weight is 501 g/mol. The fourth-order valence-corrected chi connectivity index (χ4v) is 6.26. The summed E-state index contributed by atoms with van der Waals surface area (Å²) in [5.74, 6) is 1.19. The molecule has 33 heavy (non-hydrogen) atoms. The van der Waals surface area contributed by atoms with Crippen molar-refractivity contribution in [2.45, 2.75) is 9.79 Å². The maximum absolute atomic E-state index is 12.0. The summed E-state index contributed by atoms with van der Waals surface area (Å²) in [6, 6.07) is 10.0. The molecule has 0 spiro atoms. The monoisotopic (exact) mass is 500 g/mol. The molecule has 1 aliphatic heterocycles. The largest absolute Gasteiger partial charge is 0.375 e. The molecule has 0 atom stereocenters. The molecule has 5 N–H and O–H groups in total. The van der Waals surface area contributed by atoms with Crippen LogP contribution in [0.4, 0.5) is 5.13 Å². The molecule has 0 bridgehead atoms. The van der Waals surface area contributed by atoms with E-state index in [1.165, 1.54) is 11.3 Å². The molecule has 0 aliphatic carbocycles. The number of amides is 1. The first-order valence-corrected chi connectivity index (χ1v) is 12.7. The van der Waals surface area contributed by atoms with Gasteiger partial charge in [-0.2, -0.15) is 5.21 Å². The van der Waals surface area contributed by atoms with E-state index in [4.69, 9.17) is 15.6 Å². The molecule has 0 unspecified atom stereocenters. The van der Waals surface area contributed by atoms with Crippen LogP contribution in [0.1, 0.15) is 0 Å². The SMILES string of the molecule is NSc1c(SCCN2CCOCC2=O)ccc(-c2cccc3sc(N)nc23)c1-c1nn[nH]n1. The highest BCUT2D eigenvalue weighted by atomic mass is 32.2. The van der Waals surface area contributed by atoms with Gasteiger partial charge < -0.3 is 15.4 Å². The number of nitrogens with one attached hydrogen (secondary N) is 1. The predicted molar refractivity (Wildman–Crippen MR) is 131 cm³/mol. The Hall–Kier alpha value is -2.71. The first-order chi connectivity index (χ1) is 16.2. The lowest BCUT2D eigenvalue weighted by Crippen LogP contribution is -2.42. The van der Waals surface area contributed by atoms with E-state index in [0.29, 0.717) is 30.7 Å². The number of anilines is 1. The highest BCUT2D eigenvalue weighted by Crippen LogP contribution is 2.44. The van der Waals surface area contributed by atoms with Crippen molar-refractivity contribution >= 4 is 56.3 Å². The number of hydrogen-bond donors (Lipinski definition) is 3. The molecule has 1 amide bonds. The molecular formula is C20H20N8O2S3. The van der Waals surface area contributed by atoms with E-state index in [1.54, 1.807) is 11.8 Å². The van der Waals surface area contributed by atoms with E-state index in [0.717, 1.165) is 54.4 Å². The van der Waals surface area contributed by atoms with Gasteiger partial charge in [0.25, 0.3) is 0 Å². The number of morpholine rings is 1. The Morgan fingerprint density at radius 3 is 2.94 bits per heavy atom. The summed E-state index contributed by atoms with van der Waals surface area (Å²) < 4.78 is 6.20. The maximum atomic E-state index is 12.0. The van der Waals surface area contributed by atoms with Crippen molar-refractivity contribution in [2.75, 3.05) is 37.8 Å². The van der Waals surface area contributed by atoms with Crippen molar-refractivity contribution in [1.82, 2.24) is 30.5 Å². The molecule has 10 nitrogen and oxygen atoms in total. The van der Waals surface area contributed by atoms with Gasteiger partial charge in [0.2, 0.25) is 11.7 Å². The smallest absolute Gasteiger partial charge is 0.248 e. The number of carbonyl (C=O) groups is 1. The number of rotatable bonds is 7. The van der Waals surface area contributed by atoms with Crippen molar-refractivity contribution < 1.29 is 9.53 Å². The number of hydrogen-bond acceptors (Lipinski definition) is 11. The summed E-state index contributed by atoms with van der Waals surface area (Å²) in [6.45, 7) is 1.98. The summed E-state index contributed by atoms with van der Waals surface area (Å²) in [4.78, 5) is 20.2. The van der Waals surface area contributed by atoms with E-state index in [2.05, 4.69) is 25.6 Å². The third-order valence-electron chi connectivity index (χ3n) is 5.24. The number of para-hydroxylation sites is 1. The van der Waals surface area contributed by atoms with Gasteiger partial charge in [-0.1, -0.05) is 29.5 Å². The molecule has 3 heterocycles. The molecular weight excluding hydrogens is 480 g/mol. The van der Waals surface area contributed by atoms with Crippen LogP contribution in [0.5, 0.6) is 0 Å². The van der Waals surface area contributed by atoms with Gasteiger partial charge in [-0.15, -0.1) is 22.0 Å². The predicted octanol–water partition coefficient (Wildman–Crippen LogP) is 2.64. The van der Waals surface area contributed by atoms with E-state index in [9.17, 15) is 4.79 Å². The van der Waals surface area contributed by atoms with Gasteiger partial charge >= 0.3 is 0 Å². The van der Waals surface area contributed by atoms with Crippen LogP contribution in [0.15, 0.2) is 40.1 Å². The minimum absolute atomic E-state index is 0.0220. The molecule has 5 rings (SSSR count). The topological polar surface area (TPSA) is 149 Å². The zero-order valence-electron chi connectivity index (χ0n) is 17.4. The summed E-state index contributed by atoms with van der Waals surface area (Å²) in [5, 5.41) is 21.4. The number of nitrogens with two attached hydrogens (primary N) is 2. The number of aromatic nitrogens is 5. The van der Waals surface area contributed by atoms with Gasteiger partial charge in [0.15, 0.2) is 5.13 Å². The second kappa shape index (κ2) is 9.65. The summed E-state index contributed by atoms with van der Waals surface area (Å²) in [7, 11) is 0. The van der Waals surface area contributed by atoms with E-state index >= 15 is 0 Å². The Labute approximate surface area is 201 Å². The Morgan fingerprint density at radius 2 is 2.15 bits per heavy atom. The molecule has 1 fully saturated rings. The second-order valence-corrected chi connectivity index (χ2v) is 10.00. The first kappa shape index (κ1) is 22.1. The van der Waals surface area contributed by atoms with Crippen LogP contribution in [0.3, 0.4) is 0 Å². The third-order valence-corrected chi connectivity index (χ3v) is 7.91. The molecule has 1 saturated heterocycles. The minimum Gasteiger partial charge on any atom is -0.375 e. The third kappa shape index (κ3) is 4.42. The number of thioether (sulfide) groups is 1. The molecule has 1 aliphatic rings. The Balaban J connectivity index is 1.53. The Morgan fingerprint density at radius 1 is 1.24 bits per heavy atom. The molecule has 0 radical (unpaired) electrons. The van der Waals surface area contributed by atoms with E-state index in [-0.39, 0.29) is 12.5 Å². The van der Waals surface area contributed by atoms with Gasteiger partial charge in [0.1, 0.15) is 6.61 Å². The van der Waals surface area contributed by atoms with Gasteiger partial charge in [-0.3, -0.25) is 9.93 Å². The van der Waals surface area contributed by atoms with Crippen LogP contribution >= 0.6 is 35.0 Å². The Bertz CT molecular complexity index is 1290. The van der Waals surface area contributed by atoms with Crippen LogP contribution in [0.25, 0.3) is 32.7 Å². The van der Waals surface area contributed by atoms with Crippen LogP contribution in [0, 0.1) is 0 Å². The van der Waals surface area contributed by atoms with Crippen LogP contribution in [-0.4, -0.2) is 68.5 Å². The van der Waals surface area contributed by atoms with Crippen molar-refractivity contribution in [3.05, 3.63) is 30.3 Å². The quantitative estimate of drug-likeness (QED) is 0.255. The van der Waals surface area contributed by atoms with Crippen LogP contribution < -0.4 is 10.9 Å². The normalized spacial score (nSPS) is 14.3. The number of H-pyrrole nitrogens is 1. The fourth-order valence-electron chi connectivity index (χ4n) is 3.74. The molecule has 2 aromatic carbocycles. The van der Waals surface area contributed by atoms with Crippen molar-refractivity contribution in [3.63, 3.8) is 0 Å². The zero-order valence-corrected chi connectivity index (χ0v) is 19.8. The second-order valence-electron chi connectivity index (χ2n) is 7.15. The lowest BCUT2D eigenvalue weighted by molar-refractivity contribution is -0.142. The summed E-state index contributed by atoms with van der Waals surface area (Å²) in [6.07, 6.45) is 0. The van der Waals surface area contributed by atoms with Crippen molar-refractivity contribution in [2.24, 2.45) is 5.14 Å². The molecule has 13 heteroatoms. The number of ether oxygens (including phenoxy) is 1. The number of fused-ring (bicyclic) bond motifs is 1. The minimum atomic E-state index is 0.0220. The van der Waals surface area contributed by atoms with Crippen molar-refractivity contribution in [3.8, 4) is 22.5 Å². The maximum Gasteiger partial charge on any atom is 0.248 e. The summed E-state index contributed by atoms with van der Waals surface area (Å²) >= 11 is 4.22. The lowest BCUT2D eigenvalue weighted by Gasteiger charge is -2.26. The summed E-state index contributed by atoms with van der Waals surface area (Å²) in [5.41, 5.74) is 9.40. The number of thiazole rings is 1. The Kier molecular flexibility index (Phi) is 6.46. The molecule has 0 saturated carbocycles. The van der Waals surface area contributed by atoms with Gasteiger partial charge in [-0.05, 0) is 34.9 Å². The number of nitrogen functional groups attached to an aromatic ring is 1. The van der Waals surface area contributed by atoms with Gasteiger partial charge in [-0.25, -0.2) is 4.98 Å². The van der Waals surface area contributed by atoms with Crippen LogP contribution in [-0.2, 0) is 9.53 Å². The van der Waals surface area contributed by atoms with Crippen LogP contribution in [0.2, 0.25) is 0 Å². The number of carbonyl (C=O) groups excluding carboxylic acids is 1. The number of tetrazole rings is 1. The number of nitrogens with zero attached hydrogens (tertiary/aromatic N) is 5. The fraction of sp³-hybridized carbons (Fsp3) is 0.250. The van der Waals surface area contributed by atoms with E-state index < -0.39 is 0 Å². The number of benzene rings is 2. The highest BCUT2D eigenvalue weighted by Gasteiger charge is 2.23. The molecule has 170 valence electrons. The number of aromatic amines is 1. The van der Waals surface area contributed by atoms with E-state index in [1.807, 2.05) is 35.2 Å². The lowest BCUT2D eigenvalue weighted by atomic mass is 9.98. The molecule has 4 aromatic rings. The van der Waals surface area contributed by atoms with Crippen molar-refractivity contribution in [1.29, 1.82) is 0 Å². The highest BCUT2D eigenvalue weighted by molar-refractivity contribution is 8.01. The van der Waals surface area contributed by atoms with Gasteiger partial charge in [0.05, 0.1) is 16.8 Å². The van der Waals surface area contributed by atoms with Gasteiger partial charge in [0, 0.05) is 39.8 Å². The molecule has 2 aromatic heterocycles. The average Bonchev–Trinajstić information content (AvgIpc) is 3.48. The zero-order chi connectivity index (χ0) is 22.8. The first-order valence-electron chi connectivity index (χ1n) is 10.1. The standard InChI is InChI=1S/C20H20N8O2S3/c21-20-23-17-12(2-1-3-13(17)32-20)11-4-5-14(18(33-22)16(11)19-24-26-27-25-19)31-9-7-28-6-8-30-10-15(28)29/h1-5H,6-10,22H2,(H2,21,23)(H,24,25,26,27).